The highest BCUT2D eigenvalue weighted by Gasteiger charge is 2.22. The second-order valence-corrected chi connectivity index (χ2v) is 6.58. The molecule has 0 unspecified atom stereocenters. The van der Waals surface area contributed by atoms with Crippen molar-refractivity contribution in [2.75, 3.05) is 49.6 Å². The molecule has 0 saturated carbocycles. The Morgan fingerprint density at radius 1 is 1.23 bits per heavy atom. The molecule has 1 aliphatic heterocycles. The second kappa shape index (κ2) is 7.87. The maximum Gasteiger partial charge on any atom is 0.242 e. The molecule has 2 aromatic rings. The summed E-state index contributed by atoms with van der Waals surface area (Å²) in [5.74, 6) is 0.790. The van der Waals surface area contributed by atoms with Gasteiger partial charge in [-0.25, -0.2) is 4.98 Å². The molecule has 6 nitrogen and oxygen atoms in total. The highest BCUT2D eigenvalue weighted by Crippen LogP contribution is 2.18. The number of hydrogen-bond donors (Lipinski definition) is 0. The van der Waals surface area contributed by atoms with E-state index in [0.717, 1.165) is 26.2 Å². The van der Waals surface area contributed by atoms with Gasteiger partial charge in [0.15, 0.2) is 0 Å². The number of benzene rings is 1. The van der Waals surface area contributed by atoms with E-state index in [4.69, 9.17) is 5.26 Å². The summed E-state index contributed by atoms with van der Waals surface area (Å²) in [7, 11) is 1.84. The van der Waals surface area contributed by atoms with E-state index >= 15 is 0 Å². The van der Waals surface area contributed by atoms with Gasteiger partial charge in [-0.05, 0) is 36.8 Å². The van der Waals surface area contributed by atoms with Gasteiger partial charge in [0.05, 0.1) is 12.1 Å². The van der Waals surface area contributed by atoms with E-state index < -0.39 is 0 Å². The maximum atomic E-state index is 12.6. The van der Waals surface area contributed by atoms with Crippen LogP contribution in [-0.4, -0.2) is 55.6 Å². The van der Waals surface area contributed by atoms with E-state index in [0.29, 0.717) is 11.4 Å². The van der Waals surface area contributed by atoms with Crippen LogP contribution in [0.25, 0.3) is 0 Å². The third kappa shape index (κ3) is 4.12. The molecule has 0 N–H and O–H groups in total. The van der Waals surface area contributed by atoms with Gasteiger partial charge in [0.1, 0.15) is 11.9 Å². The Balaban J connectivity index is 1.54. The molecule has 6 heteroatoms. The normalized spacial score (nSPS) is 14.0. The molecule has 26 heavy (non-hydrogen) atoms. The molecule has 134 valence electrons. The number of aryl methyl sites for hydroxylation is 1. The quantitative estimate of drug-likeness (QED) is 0.845. The van der Waals surface area contributed by atoms with Gasteiger partial charge in [0, 0.05) is 45.1 Å². The van der Waals surface area contributed by atoms with Crippen molar-refractivity contribution in [3.05, 3.63) is 53.7 Å². The van der Waals surface area contributed by atoms with Crippen LogP contribution in [0.1, 0.15) is 11.1 Å². The third-order valence-corrected chi connectivity index (χ3v) is 4.64. The zero-order valence-electron chi connectivity index (χ0n) is 15.2. The average Bonchev–Trinajstić information content (AvgIpc) is 2.68. The molecule has 0 radical (unpaired) electrons. The van der Waals surface area contributed by atoms with Crippen LogP contribution in [0.3, 0.4) is 0 Å². The molecule has 1 amide bonds. The molecule has 1 aliphatic rings. The minimum Gasteiger partial charge on any atom is -0.368 e. The molecule has 1 fully saturated rings. The second-order valence-electron chi connectivity index (χ2n) is 6.58. The Morgan fingerprint density at radius 3 is 2.62 bits per heavy atom. The molecule has 1 saturated heterocycles. The van der Waals surface area contributed by atoms with E-state index in [2.05, 4.69) is 41.1 Å². The Hall–Kier alpha value is -3.07. The zero-order chi connectivity index (χ0) is 18.5. The number of amides is 1. The van der Waals surface area contributed by atoms with Crippen LogP contribution in [-0.2, 0) is 4.79 Å². The van der Waals surface area contributed by atoms with Crippen LogP contribution in [0.5, 0.6) is 0 Å². The first-order chi connectivity index (χ1) is 12.6. The Labute approximate surface area is 154 Å². The molecular formula is C20H23N5O. The van der Waals surface area contributed by atoms with E-state index in [1.54, 1.807) is 12.1 Å². The molecule has 0 aliphatic carbocycles. The van der Waals surface area contributed by atoms with Gasteiger partial charge in [0.25, 0.3) is 0 Å². The first-order valence-corrected chi connectivity index (χ1v) is 8.73. The summed E-state index contributed by atoms with van der Waals surface area (Å²) >= 11 is 0. The smallest absolute Gasteiger partial charge is 0.242 e. The fraction of sp³-hybridized carbons (Fsp3) is 0.350. The van der Waals surface area contributed by atoms with Crippen molar-refractivity contribution in [3.8, 4) is 6.07 Å². The predicted octanol–water partition coefficient (Wildman–Crippen LogP) is 2.05. The number of piperazine rings is 1. The highest BCUT2D eigenvalue weighted by atomic mass is 16.2. The molecular weight excluding hydrogens is 326 g/mol. The summed E-state index contributed by atoms with van der Waals surface area (Å²) in [6.45, 7) is 5.50. The molecule has 1 aromatic heterocycles. The van der Waals surface area contributed by atoms with Crippen LogP contribution in [0, 0.1) is 18.3 Å². The third-order valence-electron chi connectivity index (χ3n) is 4.64. The van der Waals surface area contributed by atoms with Crippen molar-refractivity contribution < 1.29 is 4.79 Å². The first-order valence-electron chi connectivity index (χ1n) is 8.73. The van der Waals surface area contributed by atoms with Crippen LogP contribution in [0.2, 0.25) is 0 Å². The molecule has 3 rings (SSSR count). The summed E-state index contributed by atoms with van der Waals surface area (Å²) < 4.78 is 0. The van der Waals surface area contributed by atoms with Crippen molar-refractivity contribution >= 4 is 17.4 Å². The molecule has 0 spiro atoms. The number of carbonyl (C=O) groups is 1. The number of hydrogen-bond acceptors (Lipinski definition) is 5. The van der Waals surface area contributed by atoms with E-state index in [-0.39, 0.29) is 12.5 Å². The van der Waals surface area contributed by atoms with E-state index in [9.17, 15) is 4.79 Å². The minimum atomic E-state index is 0.0996. The van der Waals surface area contributed by atoms with Gasteiger partial charge in [-0.2, -0.15) is 5.26 Å². The standard InChI is InChI=1S/C20H23N5O/c1-16-4-3-5-18(12-16)24-8-10-25(11-9-24)20(26)15-23(2)19-7-6-17(13-21)14-22-19/h3-7,12,14H,8-11,15H2,1-2H3. The first kappa shape index (κ1) is 17.7. The fourth-order valence-corrected chi connectivity index (χ4v) is 3.10. The number of nitriles is 1. The summed E-state index contributed by atoms with van der Waals surface area (Å²) in [6, 6.07) is 14.0. The van der Waals surface area contributed by atoms with Crippen LogP contribution in [0.15, 0.2) is 42.6 Å². The van der Waals surface area contributed by atoms with Crippen molar-refractivity contribution in [3.63, 3.8) is 0 Å². The SMILES string of the molecule is Cc1cccc(N2CCN(C(=O)CN(C)c3ccc(C#N)cn3)CC2)c1. The van der Waals surface area contributed by atoms with Crippen molar-refractivity contribution in [1.29, 1.82) is 5.26 Å². The number of pyridine rings is 1. The minimum absolute atomic E-state index is 0.0996. The van der Waals surface area contributed by atoms with Gasteiger partial charge in [-0.15, -0.1) is 0 Å². The summed E-state index contributed by atoms with van der Waals surface area (Å²) in [5, 5.41) is 8.83. The van der Waals surface area contributed by atoms with Gasteiger partial charge in [-0.1, -0.05) is 12.1 Å². The molecule has 0 atom stereocenters. The van der Waals surface area contributed by atoms with Crippen molar-refractivity contribution in [1.82, 2.24) is 9.88 Å². The van der Waals surface area contributed by atoms with Crippen molar-refractivity contribution in [2.45, 2.75) is 6.92 Å². The molecule has 0 bridgehead atoms. The number of anilines is 2. The van der Waals surface area contributed by atoms with Gasteiger partial charge in [0.2, 0.25) is 5.91 Å². The topological polar surface area (TPSA) is 63.5 Å². The van der Waals surface area contributed by atoms with Gasteiger partial charge in [-0.3, -0.25) is 4.79 Å². The van der Waals surface area contributed by atoms with Crippen LogP contribution < -0.4 is 9.80 Å². The number of likely N-dealkylation sites (N-methyl/N-ethyl adjacent to an activating group) is 1. The lowest BCUT2D eigenvalue weighted by Gasteiger charge is -2.37. The lowest BCUT2D eigenvalue weighted by Crippen LogP contribution is -2.51. The van der Waals surface area contributed by atoms with Gasteiger partial charge < -0.3 is 14.7 Å². The van der Waals surface area contributed by atoms with E-state index in [1.807, 2.05) is 22.9 Å². The zero-order valence-corrected chi connectivity index (χ0v) is 15.2. The Bertz CT molecular complexity index is 804. The molecule has 1 aromatic carbocycles. The number of rotatable bonds is 4. The average molecular weight is 349 g/mol. The highest BCUT2D eigenvalue weighted by molar-refractivity contribution is 5.81. The van der Waals surface area contributed by atoms with Crippen LogP contribution in [0.4, 0.5) is 11.5 Å². The largest absolute Gasteiger partial charge is 0.368 e. The summed E-state index contributed by atoms with van der Waals surface area (Å²) in [6.07, 6.45) is 1.52. The lowest BCUT2D eigenvalue weighted by molar-refractivity contribution is -0.129. The Morgan fingerprint density at radius 2 is 2.00 bits per heavy atom. The summed E-state index contributed by atoms with van der Waals surface area (Å²) in [4.78, 5) is 22.9. The summed E-state index contributed by atoms with van der Waals surface area (Å²) in [5.41, 5.74) is 2.98. The monoisotopic (exact) mass is 349 g/mol. The lowest BCUT2D eigenvalue weighted by atomic mass is 10.2. The predicted molar refractivity (Wildman–Crippen MR) is 102 cm³/mol. The fourth-order valence-electron chi connectivity index (χ4n) is 3.10. The van der Waals surface area contributed by atoms with Gasteiger partial charge >= 0.3 is 0 Å². The van der Waals surface area contributed by atoms with Crippen molar-refractivity contribution in [2.24, 2.45) is 0 Å². The number of aromatic nitrogens is 1. The van der Waals surface area contributed by atoms with E-state index in [1.165, 1.54) is 17.4 Å². The maximum absolute atomic E-state index is 12.6. The number of carbonyl (C=O) groups excluding carboxylic acids is 1. The Kier molecular flexibility index (Phi) is 5.37. The number of nitrogens with zero attached hydrogens (tertiary/aromatic N) is 5. The van der Waals surface area contributed by atoms with Crippen LogP contribution >= 0.6 is 0 Å². The molecule has 2 heterocycles.